The van der Waals surface area contributed by atoms with Crippen LogP contribution in [0.4, 0.5) is 13.2 Å². The quantitative estimate of drug-likeness (QED) is 0.338. The standard InChI is InChI=1S/C32H38F3N3O4/c1-3-40-30(39)31(2)10-12-38(13-11-31)28-16-32(42-36-28)19-37(20-32)17-21-14-25(22-4-5-22)29(23-6-8-24(33)9-7-23)26(15-21)41-18-27(34)35/h6-9,14-15,22,27H,3-5,10-13,16-20H2,1-2H3. The van der Waals surface area contributed by atoms with Crippen LogP contribution in [0.5, 0.6) is 5.75 Å². The van der Waals surface area contributed by atoms with Crippen LogP contribution in [0.25, 0.3) is 11.1 Å². The van der Waals surface area contributed by atoms with E-state index in [4.69, 9.17) is 14.3 Å². The second-order valence-electron chi connectivity index (χ2n) is 12.4. The van der Waals surface area contributed by atoms with E-state index in [1.54, 1.807) is 12.1 Å². The molecule has 3 heterocycles. The molecule has 0 aromatic heterocycles. The first-order chi connectivity index (χ1) is 20.2. The zero-order chi connectivity index (χ0) is 29.5. The van der Waals surface area contributed by atoms with Crippen molar-refractivity contribution in [2.75, 3.05) is 39.4 Å². The third-order valence-electron chi connectivity index (χ3n) is 8.96. The Balaban J connectivity index is 1.11. The number of alkyl halides is 2. The molecule has 1 saturated carbocycles. The molecule has 226 valence electrons. The zero-order valence-electron chi connectivity index (χ0n) is 24.2. The molecule has 10 heteroatoms. The Labute approximate surface area is 244 Å². The summed E-state index contributed by atoms with van der Waals surface area (Å²) in [5, 5.41) is 4.44. The van der Waals surface area contributed by atoms with Gasteiger partial charge in [-0.1, -0.05) is 23.4 Å². The van der Waals surface area contributed by atoms with Crippen LogP contribution in [0.1, 0.15) is 63.0 Å². The Morgan fingerprint density at radius 3 is 2.50 bits per heavy atom. The molecule has 1 spiro atoms. The highest BCUT2D eigenvalue weighted by molar-refractivity contribution is 5.85. The summed E-state index contributed by atoms with van der Waals surface area (Å²) in [7, 11) is 0. The largest absolute Gasteiger partial charge is 0.487 e. The summed E-state index contributed by atoms with van der Waals surface area (Å²) in [6, 6.07) is 10.1. The van der Waals surface area contributed by atoms with Gasteiger partial charge in [-0.3, -0.25) is 9.69 Å². The van der Waals surface area contributed by atoms with Crippen LogP contribution in [0.15, 0.2) is 41.6 Å². The minimum atomic E-state index is -2.60. The number of piperidine rings is 1. The van der Waals surface area contributed by atoms with E-state index >= 15 is 0 Å². The molecule has 0 amide bonds. The molecule has 6 rings (SSSR count). The van der Waals surface area contributed by atoms with Crippen LogP contribution >= 0.6 is 0 Å². The molecule has 0 N–H and O–H groups in total. The summed E-state index contributed by atoms with van der Waals surface area (Å²) in [6.45, 7) is 7.03. The van der Waals surface area contributed by atoms with Crippen LogP contribution < -0.4 is 4.74 Å². The number of benzene rings is 2. The number of oxime groups is 1. The van der Waals surface area contributed by atoms with Gasteiger partial charge >= 0.3 is 5.97 Å². The fourth-order valence-electron chi connectivity index (χ4n) is 6.44. The van der Waals surface area contributed by atoms with E-state index in [1.807, 2.05) is 19.9 Å². The first kappa shape index (κ1) is 28.8. The fourth-order valence-corrected chi connectivity index (χ4v) is 6.44. The van der Waals surface area contributed by atoms with E-state index in [9.17, 15) is 18.0 Å². The van der Waals surface area contributed by atoms with Gasteiger partial charge in [0.2, 0.25) is 0 Å². The van der Waals surface area contributed by atoms with Crippen molar-refractivity contribution in [3.05, 3.63) is 53.3 Å². The lowest BCUT2D eigenvalue weighted by Gasteiger charge is -2.46. The Hall–Kier alpha value is -3.27. The van der Waals surface area contributed by atoms with Crippen LogP contribution in [0.2, 0.25) is 0 Å². The molecule has 0 atom stereocenters. The maximum absolute atomic E-state index is 13.6. The van der Waals surface area contributed by atoms with Gasteiger partial charge < -0.3 is 19.2 Å². The SMILES string of the molecule is CCOC(=O)C1(C)CCN(C2=NOC3(C2)CN(Cc2cc(OCC(F)F)c(-c4ccc(F)cc4)c(C4CC4)c2)C3)CC1. The predicted octanol–water partition coefficient (Wildman–Crippen LogP) is 5.97. The molecule has 2 aromatic rings. The normalized spacial score (nSPS) is 21.2. The van der Waals surface area contributed by atoms with Crippen molar-refractivity contribution in [2.45, 2.75) is 70.4 Å². The molecule has 3 aliphatic heterocycles. The van der Waals surface area contributed by atoms with Crippen molar-refractivity contribution in [3.8, 4) is 16.9 Å². The van der Waals surface area contributed by atoms with E-state index in [1.165, 1.54) is 12.1 Å². The van der Waals surface area contributed by atoms with Gasteiger partial charge in [0.15, 0.2) is 5.60 Å². The van der Waals surface area contributed by atoms with Crippen molar-refractivity contribution < 1.29 is 32.3 Å². The number of nitrogens with zero attached hydrogens (tertiary/aromatic N) is 3. The number of likely N-dealkylation sites (tertiary alicyclic amines) is 2. The fraction of sp³-hybridized carbons (Fsp3) is 0.562. The number of halogens is 3. The van der Waals surface area contributed by atoms with Gasteiger partial charge in [0, 0.05) is 38.3 Å². The smallest absolute Gasteiger partial charge is 0.311 e. The number of amidine groups is 1. The van der Waals surface area contributed by atoms with Crippen LogP contribution in [-0.2, 0) is 20.9 Å². The molecule has 42 heavy (non-hydrogen) atoms. The highest BCUT2D eigenvalue weighted by Gasteiger charge is 2.51. The topological polar surface area (TPSA) is 63.6 Å². The third-order valence-corrected chi connectivity index (χ3v) is 8.96. The Morgan fingerprint density at radius 1 is 1.14 bits per heavy atom. The molecule has 1 aliphatic carbocycles. The van der Waals surface area contributed by atoms with Gasteiger partial charge in [0.05, 0.1) is 18.4 Å². The first-order valence-electron chi connectivity index (χ1n) is 14.9. The lowest BCUT2D eigenvalue weighted by atomic mass is 9.80. The summed E-state index contributed by atoms with van der Waals surface area (Å²) in [6.07, 6.45) is 1.62. The molecule has 0 bridgehead atoms. The summed E-state index contributed by atoms with van der Waals surface area (Å²) < 4.78 is 50.9. The molecule has 0 unspecified atom stereocenters. The van der Waals surface area contributed by atoms with E-state index in [0.717, 1.165) is 73.3 Å². The maximum atomic E-state index is 13.6. The van der Waals surface area contributed by atoms with Gasteiger partial charge in [-0.25, -0.2) is 13.2 Å². The number of carbonyl (C=O) groups excluding carboxylic acids is 1. The Kier molecular flexibility index (Phi) is 7.85. The maximum Gasteiger partial charge on any atom is 0.311 e. The highest BCUT2D eigenvalue weighted by Crippen LogP contribution is 2.49. The lowest BCUT2D eigenvalue weighted by molar-refractivity contribution is -0.156. The Bertz CT molecular complexity index is 1330. The van der Waals surface area contributed by atoms with Gasteiger partial charge in [-0.05, 0) is 80.3 Å². The van der Waals surface area contributed by atoms with E-state index < -0.39 is 18.4 Å². The molecule has 0 radical (unpaired) electrons. The van der Waals surface area contributed by atoms with Crippen LogP contribution in [0.3, 0.4) is 0 Å². The van der Waals surface area contributed by atoms with Crippen molar-refractivity contribution in [2.24, 2.45) is 10.6 Å². The van der Waals surface area contributed by atoms with Crippen molar-refractivity contribution >= 4 is 11.8 Å². The monoisotopic (exact) mass is 585 g/mol. The number of hydrogen-bond acceptors (Lipinski definition) is 7. The van der Waals surface area contributed by atoms with Gasteiger partial charge in [0.1, 0.15) is 24.0 Å². The molecule has 2 aromatic carbocycles. The summed E-state index contributed by atoms with van der Waals surface area (Å²) >= 11 is 0. The number of ether oxygens (including phenoxy) is 2. The average Bonchev–Trinajstić information content (AvgIpc) is 3.71. The Morgan fingerprint density at radius 2 is 1.86 bits per heavy atom. The number of rotatable bonds is 9. The number of esters is 1. The van der Waals surface area contributed by atoms with Gasteiger partial charge in [-0.2, -0.15) is 0 Å². The first-order valence-corrected chi connectivity index (χ1v) is 14.9. The number of hydrogen-bond donors (Lipinski definition) is 0. The average molecular weight is 586 g/mol. The molecule has 7 nitrogen and oxygen atoms in total. The van der Waals surface area contributed by atoms with Gasteiger partial charge in [0.25, 0.3) is 6.43 Å². The predicted molar refractivity (Wildman–Crippen MR) is 152 cm³/mol. The zero-order valence-corrected chi connectivity index (χ0v) is 24.2. The summed E-state index contributed by atoms with van der Waals surface area (Å²) in [5.41, 5.74) is 2.79. The van der Waals surface area contributed by atoms with Crippen molar-refractivity contribution in [1.29, 1.82) is 0 Å². The van der Waals surface area contributed by atoms with Crippen molar-refractivity contribution in [3.63, 3.8) is 0 Å². The lowest BCUT2D eigenvalue weighted by Crippen LogP contribution is -2.61. The molecule has 3 fully saturated rings. The van der Waals surface area contributed by atoms with Crippen LogP contribution in [-0.4, -0.2) is 73.0 Å². The van der Waals surface area contributed by atoms with E-state index in [0.29, 0.717) is 37.9 Å². The van der Waals surface area contributed by atoms with Crippen molar-refractivity contribution in [1.82, 2.24) is 9.80 Å². The summed E-state index contributed by atoms with van der Waals surface area (Å²) in [5.74, 6) is 1.22. The molecular formula is C32H38F3N3O4. The highest BCUT2D eigenvalue weighted by atomic mass is 19.3. The van der Waals surface area contributed by atoms with E-state index in [2.05, 4.69) is 21.0 Å². The molecule has 2 saturated heterocycles. The minimum absolute atomic E-state index is 0.126. The third kappa shape index (κ3) is 5.96. The second kappa shape index (κ2) is 11.4. The van der Waals surface area contributed by atoms with Crippen LogP contribution in [0, 0.1) is 11.2 Å². The minimum Gasteiger partial charge on any atom is -0.487 e. The van der Waals surface area contributed by atoms with E-state index in [-0.39, 0.29) is 17.4 Å². The second-order valence-corrected chi connectivity index (χ2v) is 12.4. The number of carbonyl (C=O) groups is 1. The molecule has 4 aliphatic rings. The molecular weight excluding hydrogens is 547 g/mol. The summed E-state index contributed by atoms with van der Waals surface area (Å²) in [4.78, 5) is 22.9. The van der Waals surface area contributed by atoms with Gasteiger partial charge in [-0.15, -0.1) is 0 Å².